The Morgan fingerprint density at radius 3 is 2.78 bits per heavy atom. The van der Waals surface area contributed by atoms with Crippen LogP contribution in [0.4, 0.5) is 0 Å². The molecule has 0 aliphatic rings. The molecule has 2 aromatic rings. The molecule has 0 radical (unpaired) electrons. The predicted molar refractivity (Wildman–Crippen MR) is 84.2 cm³/mol. The van der Waals surface area contributed by atoms with Crippen molar-refractivity contribution in [1.82, 2.24) is 0 Å². The van der Waals surface area contributed by atoms with Gasteiger partial charge >= 0.3 is 5.97 Å². The number of carboxylic acid groups (broad SMARTS) is 1. The molecule has 1 N–H and O–H groups in total. The van der Waals surface area contributed by atoms with E-state index in [4.69, 9.17) is 16.7 Å². The van der Waals surface area contributed by atoms with Gasteiger partial charge in [-0.2, -0.15) is 0 Å². The Morgan fingerprint density at radius 1 is 1.33 bits per heavy atom. The molecule has 0 saturated heterocycles. The topological polar surface area (TPSA) is 37.3 Å². The van der Waals surface area contributed by atoms with Gasteiger partial charge in [0, 0.05) is 30.0 Å². The van der Waals surface area contributed by atoms with Crippen LogP contribution in [0.15, 0.2) is 36.4 Å². The van der Waals surface area contributed by atoms with Gasteiger partial charge in [0.05, 0.1) is 0 Å². The summed E-state index contributed by atoms with van der Waals surface area (Å²) in [5.74, 6) is -0.939. The summed E-state index contributed by atoms with van der Waals surface area (Å²) in [5.41, 5.74) is 1.11. The third-order valence-electron chi connectivity index (χ3n) is 2.21. The van der Waals surface area contributed by atoms with Crippen LogP contribution in [0.3, 0.4) is 0 Å². The number of hydrogen-bond donors (Lipinski definition) is 1. The van der Waals surface area contributed by atoms with Gasteiger partial charge < -0.3 is 5.11 Å². The zero-order valence-electron chi connectivity index (χ0n) is 9.06. The second-order valence-electron chi connectivity index (χ2n) is 3.50. The van der Waals surface area contributed by atoms with E-state index < -0.39 is 5.97 Å². The van der Waals surface area contributed by atoms with Crippen molar-refractivity contribution in [2.24, 2.45) is 0 Å². The fourth-order valence-electron chi connectivity index (χ4n) is 1.43. The van der Waals surface area contributed by atoms with Crippen LogP contribution in [0.5, 0.6) is 0 Å². The van der Waals surface area contributed by atoms with Gasteiger partial charge in [0.15, 0.2) is 0 Å². The zero-order valence-corrected chi connectivity index (χ0v) is 12.8. The molecule has 1 aromatic heterocycles. The summed E-state index contributed by atoms with van der Waals surface area (Å²) in [6, 6.07) is 9.62. The van der Waals surface area contributed by atoms with Crippen molar-refractivity contribution in [2.45, 2.75) is 0 Å². The molecular formula is C13H8ClIO2S. The first kappa shape index (κ1) is 13.6. The summed E-state index contributed by atoms with van der Waals surface area (Å²) >= 11 is 9.71. The summed E-state index contributed by atoms with van der Waals surface area (Å²) in [7, 11) is 0. The van der Waals surface area contributed by atoms with E-state index in [1.165, 1.54) is 0 Å². The number of rotatable bonds is 3. The Hall–Kier alpha value is -0.850. The van der Waals surface area contributed by atoms with E-state index in [1.54, 1.807) is 17.4 Å². The van der Waals surface area contributed by atoms with Gasteiger partial charge in [-0.1, -0.05) is 17.7 Å². The number of benzene rings is 1. The van der Waals surface area contributed by atoms with E-state index in [2.05, 4.69) is 22.6 Å². The highest BCUT2D eigenvalue weighted by atomic mass is 127. The van der Waals surface area contributed by atoms with Crippen LogP contribution in [-0.2, 0) is 4.79 Å². The molecule has 0 amide bonds. The first-order valence-electron chi connectivity index (χ1n) is 5.02. The lowest BCUT2D eigenvalue weighted by Crippen LogP contribution is -1.84. The fourth-order valence-corrected chi connectivity index (χ4v) is 3.73. The number of halogens is 2. The van der Waals surface area contributed by atoms with Gasteiger partial charge in [0.1, 0.15) is 0 Å². The van der Waals surface area contributed by atoms with E-state index in [0.717, 1.165) is 25.0 Å². The second kappa shape index (κ2) is 5.86. The van der Waals surface area contributed by atoms with E-state index >= 15 is 0 Å². The maximum Gasteiger partial charge on any atom is 0.328 e. The van der Waals surface area contributed by atoms with E-state index in [1.807, 2.05) is 30.3 Å². The van der Waals surface area contributed by atoms with Crippen molar-refractivity contribution in [2.75, 3.05) is 0 Å². The molecule has 0 fully saturated rings. The lowest BCUT2D eigenvalue weighted by Gasteiger charge is -2.01. The van der Waals surface area contributed by atoms with Crippen LogP contribution in [0.1, 0.15) is 4.88 Å². The van der Waals surface area contributed by atoms with Gasteiger partial charge in [-0.15, -0.1) is 11.3 Å². The van der Waals surface area contributed by atoms with Gasteiger partial charge in [-0.3, -0.25) is 0 Å². The Morgan fingerprint density at radius 2 is 2.11 bits per heavy atom. The van der Waals surface area contributed by atoms with Gasteiger partial charge in [-0.25, -0.2) is 4.79 Å². The number of carboxylic acids is 1. The largest absolute Gasteiger partial charge is 0.478 e. The Balaban J connectivity index is 2.32. The number of carbonyl (C=O) groups is 1. The van der Waals surface area contributed by atoms with Gasteiger partial charge in [0.2, 0.25) is 0 Å². The molecule has 0 atom stereocenters. The average Bonchev–Trinajstić information content (AvgIpc) is 2.75. The van der Waals surface area contributed by atoms with Crippen molar-refractivity contribution in [3.63, 3.8) is 0 Å². The smallest absolute Gasteiger partial charge is 0.328 e. The van der Waals surface area contributed by atoms with Crippen LogP contribution < -0.4 is 0 Å². The van der Waals surface area contributed by atoms with Crippen LogP contribution >= 0.6 is 45.5 Å². The van der Waals surface area contributed by atoms with Crippen molar-refractivity contribution < 1.29 is 9.90 Å². The summed E-state index contributed by atoms with van der Waals surface area (Å²) < 4.78 is 1.08. The number of thiophene rings is 1. The van der Waals surface area contributed by atoms with Crippen LogP contribution in [0.2, 0.25) is 5.02 Å². The lowest BCUT2D eigenvalue weighted by atomic mass is 10.2. The van der Waals surface area contributed by atoms with E-state index in [9.17, 15) is 4.79 Å². The minimum absolute atomic E-state index is 0.714. The number of hydrogen-bond acceptors (Lipinski definition) is 2. The van der Waals surface area contributed by atoms with Crippen LogP contribution in [-0.4, -0.2) is 11.1 Å². The quantitative estimate of drug-likeness (QED) is 0.605. The molecule has 0 spiro atoms. The highest BCUT2D eigenvalue weighted by molar-refractivity contribution is 14.1. The summed E-state index contributed by atoms with van der Waals surface area (Å²) in [6.07, 6.45) is 2.74. The SMILES string of the molecule is O=C(O)/C=C/c1ccc(-c2ccc(Cl)cc2I)s1. The Labute approximate surface area is 127 Å². The van der Waals surface area contributed by atoms with Crippen LogP contribution in [0, 0.1) is 3.57 Å². The molecule has 2 rings (SSSR count). The maximum atomic E-state index is 10.4. The Kier molecular flexibility index (Phi) is 4.42. The minimum Gasteiger partial charge on any atom is -0.478 e. The highest BCUT2D eigenvalue weighted by Gasteiger charge is 2.06. The third-order valence-corrected chi connectivity index (χ3v) is 4.42. The maximum absolute atomic E-state index is 10.4. The normalized spacial score (nSPS) is 11.0. The monoisotopic (exact) mass is 390 g/mol. The molecular weight excluding hydrogens is 383 g/mol. The molecule has 1 aromatic carbocycles. The lowest BCUT2D eigenvalue weighted by molar-refractivity contribution is -0.131. The number of aliphatic carboxylic acids is 1. The zero-order chi connectivity index (χ0) is 13.1. The molecule has 0 bridgehead atoms. The molecule has 0 aliphatic carbocycles. The van der Waals surface area contributed by atoms with E-state index in [-0.39, 0.29) is 0 Å². The molecule has 92 valence electrons. The molecule has 1 heterocycles. The van der Waals surface area contributed by atoms with Crippen molar-refractivity contribution in [3.8, 4) is 10.4 Å². The molecule has 18 heavy (non-hydrogen) atoms. The Bertz CT molecular complexity index is 619. The summed E-state index contributed by atoms with van der Waals surface area (Å²) in [4.78, 5) is 12.5. The van der Waals surface area contributed by atoms with Crippen LogP contribution in [0.25, 0.3) is 16.5 Å². The second-order valence-corrected chi connectivity index (χ2v) is 6.21. The summed E-state index contributed by atoms with van der Waals surface area (Å²) in [5, 5.41) is 9.29. The highest BCUT2D eigenvalue weighted by Crippen LogP contribution is 2.33. The molecule has 0 saturated carbocycles. The summed E-state index contributed by atoms with van der Waals surface area (Å²) in [6.45, 7) is 0. The van der Waals surface area contributed by atoms with Crippen molar-refractivity contribution >= 4 is 57.6 Å². The first-order chi connectivity index (χ1) is 8.56. The predicted octanol–water partition coefficient (Wildman–Crippen LogP) is 4.77. The van der Waals surface area contributed by atoms with Crippen molar-refractivity contribution in [3.05, 3.63) is 49.9 Å². The first-order valence-corrected chi connectivity index (χ1v) is 7.30. The average molecular weight is 391 g/mol. The molecule has 0 unspecified atom stereocenters. The molecule has 5 heteroatoms. The fraction of sp³-hybridized carbons (Fsp3) is 0. The third kappa shape index (κ3) is 3.34. The van der Waals surface area contributed by atoms with E-state index in [0.29, 0.717) is 5.02 Å². The molecule has 0 aliphatic heterocycles. The van der Waals surface area contributed by atoms with Gasteiger partial charge in [0.25, 0.3) is 0 Å². The molecule has 2 nitrogen and oxygen atoms in total. The standard InChI is InChI=1S/C13H8ClIO2S/c14-8-1-4-10(11(15)7-8)12-5-2-9(18-12)3-6-13(16)17/h1-7H,(H,16,17)/b6-3+. The van der Waals surface area contributed by atoms with Crippen molar-refractivity contribution in [1.29, 1.82) is 0 Å². The minimum atomic E-state index is -0.939. The van der Waals surface area contributed by atoms with Gasteiger partial charge in [-0.05, 0) is 52.9 Å².